The lowest BCUT2D eigenvalue weighted by Crippen LogP contribution is -1.95. The lowest BCUT2D eigenvalue weighted by molar-refractivity contribution is 0.390. The van der Waals surface area contributed by atoms with Crippen molar-refractivity contribution in [3.63, 3.8) is 0 Å². The molecule has 0 unspecified atom stereocenters. The van der Waals surface area contributed by atoms with Crippen molar-refractivity contribution in [2.75, 3.05) is 7.11 Å². The molecule has 0 N–H and O–H groups in total. The van der Waals surface area contributed by atoms with E-state index in [4.69, 9.17) is 9.26 Å². The molecule has 0 fully saturated rings. The molecule has 3 aromatic heterocycles. The molecule has 3 heterocycles. The van der Waals surface area contributed by atoms with Crippen LogP contribution in [0.25, 0.3) is 22.8 Å². The van der Waals surface area contributed by atoms with Gasteiger partial charge in [-0.05, 0) is 24.3 Å². The molecule has 9 heteroatoms. The van der Waals surface area contributed by atoms with Crippen LogP contribution in [0.4, 0.5) is 0 Å². The second-order valence-electron chi connectivity index (χ2n) is 5.60. The van der Waals surface area contributed by atoms with Crippen molar-refractivity contribution < 1.29 is 9.26 Å². The van der Waals surface area contributed by atoms with Crippen LogP contribution in [-0.2, 0) is 12.8 Å². The molecule has 27 heavy (non-hydrogen) atoms. The van der Waals surface area contributed by atoms with Gasteiger partial charge in [0.1, 0.15) is 5.75 Å². The van der Waals surface area contributed by atoms with E-state index < -0.39 is 0 Å². The number of thioether (sulfide) groups is 1. The number of methoxy groups -OCH3 is 1. The number of benzene rings is 1. The van der Waals surface area contributed by atoms with Crippen LogP contribution in [-0.4, -0.2) is 37.0 Å². The fraction of sp³-hybridized carbons (Fsp3) is 0.167. The molecular weight excluding hydrogens is 364 g/mol. The quantitative estimate of drug-likeness (QED) is 0.471. The van der Waals surface area contributed by atoms with Crippen LogP contribution in [0.3, 0.4) is 0 Å². The molecule has 4 rings (SSSR count). The van der Waals surface area contributed by atoms with Gasteiger partial charge in [-0.2, -0.15) is 4.98 Å². The maximum Gasteiger partial charge on any atom is 0.237 e. The zero-order valence-corrected chi connectivity index (χ0v) is 15.6. The maximum absolute atomic E-state index is 5.37. The molecule has 0 saturated carbocycles. The highest BCUT2D eigenvalue weighted by Crippen LogP contribution is 2.29. The number of hydrogen-bond acceptors (Lipinski definition) is 8. The number of para-hydroxylation sites is 1. The minimum Gasteiger partial charge on any atom is -0.496 e. The standard InChI is InChI=1S/C18H16N6O2S/c1-24-17(12-7-9-19-10-8-12)21-22-18(24)27-11-15-20-16(23-26-15)13-5-3-4-6-14(13)25-2/h3-10H,11H2,1-2H3. The average molecular weight is 380 g/mol. The molecule has 1 aromatic carbocycles. The molecule has 8 nitrogen and oxygen atoms in total. The van der Waals surface area contributed by atoms with E-state index in [1.807, 2.05) is 48.0 Å². The summed E-state index contributed by atoms with van der Waals surface area (Å²) in [5.41, 5.74) is 1.75. The monoisotopic (exact) mass is 380 g/mol. The molecular formula is C18H16N6O2S. The van der Waals surface area contributed by atoms with Gasteiger partial charge >= 0.3 is 0 Å². The predicted molar refractivity (Wildman–Crippen MR) is 100 cm³/mol. The van der Waals surface area contributed by atoms with E-state index in [9.17, 15) is 0 Å². The Balaban J connectivity index is 1.49. The Morgan fingerprint density at radius 1 is 1.11 bits per heavy atom. The van der Waals surface area contributed by atoms with Gasteiger partial charge in [0.05, 0.1) is 18.4 Å². The van der Waals surface area contributed by atoms with E-state index in [-0.39, 0.29) is 0 Å². The average Bonchev–Trinajstić information content (AvgIpc) is 3.33. The molecule has 0 amide bonds. The summed E-state index contributed by atoms with van der Waals surface area (Å²) in [5, 5.41) is 13.3. The summed E-state index contributed by atoms with van der Waals surface area (Å²) >= 11 is 1.48. The third-order valence-electron chi connectivity index (χ3n) is 3.91. The Morgan fingerprint density at radius 2 is 1.93 bits per heavy atom. The van der Waals surface area contributed by atoms with Crippen LogP contribution in [0.15, 0.2) is 58.5 Å². The fourth-order valence-corrected chi connectivity index (χ4v) is 3.32. The Labute approximate surface area is 159 Å². The van der Waals surface area contributed by atoms with Crippen LogP contribution in [0.1, 0.15) is 5.89 Å². The number of ether oxygens (including phenoxy) is 1. The van der Waals surface area contributed by atoms with Crippen molar-refractivity contribution in [3.8, 4) is 28.5 Å². The normalized spacial score (nSPS) is 10.9. The Kier molecular flexibility index (Phi) is 4.84. The molecule has 0 saturated heterocycles. The van der Waals surface area contributed by atoms with Gasteiger partial charge in [0.15, 0.2) is 11.0 Å². The minimum atomic E-state index is 0.491. The van der Waals surface area contributed by atoms with Crippen molar-refractivity contribution in [3.05, 3.63) is 54.7 Å². The zero-order valence-electron chi connectivity index (χ0n) is 14.7. The Bertz CT molecular complexity index is 1050. The summed E-state index contributed by atoms with van der Waals surface area (Å²) < 4.78 is 12.6. The van der Waals surface area contributed by atoms with Gasteiger partial charge in [0.2, 0.25) is 11.7 Å². The molecule has 0 bridgehead atoms. The lowest BCUT2D eigenvalue weighted by Gasteiger charge is -2.03. The molecule has 0 aliphatic rings. The van der Waals surface area contributed by atoms with Crippen LogP contribution >= 0.6 is 11.8 Å². The maximum atomic E-state index is 5.37. The molecule has 0 atom stereocenters. The number of pyridine rings is 1. The first-order valence-corrected chi connectivity index (χ1v) is 9.13. The van der Waals surface area contributed by atoms with Crippen molar-refractivity contribution in [1.29, 1.82) is 0 Å². The molecule has 0 spiro atoms. The van der Waals surface area contributed by atoms with E-state index in [0.717, 1.165) is 22.1 Å². The van der Waals surface area contributed by atoms with E-state index in [0.29, 0.717) is 23.2 Å². The summed E-state index contributed by atoms with van der Waals surface area (Å²) in [6, 6.07) is 11.4. The second-order valence-corrected chi connectivity index (χ2v) is 6.54. The SMILES string of the molecule is COc1ccccc1-c1noc(CSc2nnc(-c3ccncc3)n2C)n1. The van der Waals surface area contributed by atoms with Crippen molar-refractivity contribution in [2.45, 2.75) is 10.9 Å². The summed E-state index contributed by atoms with van der Waals surface area (Å²) in [4.78, 5) is 8.48. The van der Waals surface area contributed by atoms with Gasteiger partial charge in [0.25, 0.3) is 0 Å². The van der Waals surface area contributed by atoms with Gasteiger partial charge in [-0.1, -0.05) is 29.1 Å². The van der Waals surface area contributed by atoms with Crippen molar-refractivity contribution in [1.82, 2.24) is 29.9 Å². The van der Waals surface area contributed by atoms with E-state index in [1.165, 1.54) is 11.8 Å². The van der Waals surface area contributed by atoms with Gasteiger partial charge in [0, 0.05) is 25.0 Å². The van der Waals surface area contributed by atoms with Crippen LogP contribution in [0, 0.1) is 0 Å². The number of hydrogen-bond donors (Lipinski definition) is 0. The van der Waals surface area contributed by atoms with E-state index >= 15 is 0 Å². The number of rotatable bonds is 6. The Hall–Kier alpha value is -3.20. The first-order chi connectivity index (χ1) is 13.3. The van der Waals surface area contributed by atoms with Crippen LogP contribution in [0.2, 0.25) is 0 Å². The molecule has 136 valence electrons. The third-order valence-corrected chi connectivity index (χ3v) is 4.92. The largest absolute Gasteiger partial charge is 0.496 e. The van der Waals surface area contributed by atoms with Gasteiger partial charge in [-0.15, -0.1) is 10.2 Å². The van der Waals surface area contributed by atoms with Gasteiger partial charge in [-0.25, -0.2) is 0 Å². The highest BCUT2D eigenvalue weighted by Gasteiger charge is 2.15. The summed E-state index contributed by atoms with van der Waals surface area (Å²) in [6.45, 7) is 0. The predicted octanol–water partition coefficient (Wildman–Crippen LogP) is 3.23. The summed E-state index contributed by atoms with van der Waals surface area (Å²) in [7, 11) is 3.54. The number of aromatic nitrogens is 6. The summed E-state index contributed by atoms with van der Waals surface area (Å²) in [6.07, 6.45) is 3.46. The summed E-state index contributed by atoms with van der Waals surface area (Å²) in [5.74, 6) is 2.98. The van der Waals surface area contributed by atoms with Crippen LogP contribution < -0.4 is 4.74 Å². The first kappa shape index (κ1) is 17.2. The molecule has 0 radical (unpaired) electrons. The van der Waals surface area contributed by atoms with E-state index in [2.05, 4.69) is 25.3 Å². The first-order valence-electron chi connectivity index (χ1n) is 8.15. The fourth-order valence-electron chi connectivity index (χ4n) is 2.57. The minimum absolute atomic E-state index is 0.491. The van der Waals surface area contributed by atoms with Crippen molar-refractivity contribution >= 4 is 11.8 Å². The molecule has 4 aromatic rings. The molecule has 0 aliphatic carbocycles. The second kappa shape index (κ2) is 7.58. The van der Waals surface area contributed by atoms with Gasteiger partial charge in [-0.3, -0.25) is 4.98 Å². The smallest absolute Gasteiger partial charge is 0.237 e. The Morgan fingerprint density at radius 3 is 2.74 bits per heavy atom. The van der Waals surface area contributed by atoms with Gasteiger partial charge < -0.3 is 13.8 Å². The lowest BCUT2D eigenvalue weighted by atomic mass is 10.2. The van der Waals surface area contributed by atoms with Crippen molar-refractivity contribution in [2.24, 2.45) is 7.05 Å². The number of nitrogens with zero attached hydrogens (tertiary/aromatic N) is 6. The molecule has 0 aliphatic heterocycles. The topological polar surface area (TPSA) is 91.8 Å². The van der Waals surface area contributed by atoms with Crippen LogP contribution in [0.5, 0.6) is 5.75 Å². The highest BCUT2D eigenvalue weighted by molar-refractivity contribution is 7.98. The zero-order chi connectivity index (χ0) is 18.6. The van der Waals surface area contributed by atoms with E-state index in [1.54, 1.807) is 19.5 Å². The highest BCUT2D eigenvalue weighted by atomic mass is 32.2. The third kappa shape index (κ3) is 3.54.